The van der Waals surface area contributed by atoms with E-state index in [2.05, 4.69) is 46.8 Å². The smallest absolute Gasteiger partial charge is 0.137 e. The van der Waals surface area contributed by atoms with Gasteiger partial charge in [-0.05, 0) is 81.3 Å². The molecule has 1 unspecified atom stereocenters. The third-order valence-electron chi connectivity index (χ3n) is 4.70. The molecule has 0 aliphatic heterocycles. The van der Waals surface area contributed by atoms with Crippen LogP contribution in [0.4, 0.5) is 0 Å². The largest absolute Gasteiger partial charge is 0.299 e. The maximum atomic E-state index is 12.4. The molecule has 23 heavy (non-hydrogen) atoms. The Kier molecular flexibility index (Phi) is 5.14. The molecule has 0 saturated carbocycles. The molecule has 0 aliphatic rings. The quantitative estimate of drug-likeness (QED) is 0.782. The summed E-state index contributed by atoms with van der Waals surface area (Å²) >= 11 is 0. The van der Waals surface area contributed by atoms with Crippen molar-refractivity contribution < 1.29 is 4.79 Å². The lowest BCUT2D eigenvalue weighted by Gasteiger charge is -2.22. The van der Waals surface area contributed by atoms with Crippen LogP contribution >= 0.6 is 0 Å². The molecular formula is C21H25BO. The molecule has 1 atom stereocenters. The number of carbonyl (C=O) groups excluding carboxylic acids is 1. The molecule has 2 radical (unpaired) electrons. The standard InChI is InChI=1S/C21H25BO/c1-12-7-15(4)21(16(5)8-12)20(17(6)23)11-19-13(2)9-18(22)10-14(19)3/h7-10,20H,11H2,1-6H3. The summed E-state index contributed by atoms with van der Waals surface area (Å²) in [4.78, 5) is 12.4. The second-order valence-corrected chi connectivity index (χ2v) is 6.81. The van der Waals surface area contributed by atoms with E-state index in [9.17, 15) is 4.79 Å². The molecule has 0 aliphatic carbocycles. The van der Waals surface area contributed by atoms with Crippen LogP contribution in [0.2, 0.25) is 0 Å². The van der Waals surface area contributed by atoms with Crippen molar-refractivity contribution in [3.05, 3.63) is 63.2 Å². The van der Waals surface area contributed by atoms with Crippen molar-refractivity contribution in [2.45, 2.75) is 53.9 Å². The van der Waals surface area contributed by atoms with E-state index in [1.165, 1.54) is 27.8 Å². The number of hydrogen-bond acceptors (Lipinski definition) is 1. The van der Waals surface area contributed by atoms with E-state index in [1.54, 1.807) is 6.92 Å². The van der Waals surface area contributed by atoms with Gasteiger partial charge in [0.15, 0.2) is 0 Å². The Bertz CT molecular complexity index is 712. The van der Waals surface area contributed by atoms with Crippen LogP contribution in [0.3, 0.4) is 0 Å². The highest BCUT2D eigenvalue weighted by Gasteiger charge is 2.23. The van der Waals surface area contributed by atoms with Crippen LogP contribution < -0.4 is 5.46 Å². The third-order valence-corrected chi connectivity index (χ3v) is 4.70. The molecule has 0 N–H and O–H groups in total. The van der Waals surface area contributed by atoms with Crippen LogP contribution in [0.15, 0.2) is 24.3 Å². The van der Waals surface area contributed by atoms with Crippen LogP contribution in [0.5, 0.6) is 0 Å². The van der Waals surface area contributed by atoms with Crippen molar-refractivity contribution in [3.63, 3.8) is 0 Å². The Morgan fingerprint density at radius 1 is 0.913 bits per heavy atom. The number of benzene rings is 2. The van der Waals surface area contributed by atoms with Crippen molar-refractivity contribution in [3.8, 4) is 0 Å². The average Bonchev–Trinajstić information content (AvgIpc) is 2.38. The van der Waals surface area contributed by atoms with E-state index in [0.717, 1.165) is 23.0 Å². The molecule has 2 aromatic rings. The predicted molar refractivity (Wildman–Crippen MR) is 99.1 cm³/mol. The third kappa shape index (κ3) is 3.75. The van der Waals surface area contributed by atoms with Crippen LogP contribution in [-0.4, -0.2) is 13.6 Å². The molecule has 0 fully saturated rings. The van der Waals surface area contributed by atoms with Gasteiger partial charge in [0.2, 0.25) is 0 Å². The number of aryl methyl sites for hydroxylation is 5. The summed E-state index contributed by atoms with van der Waals surface area (Å²) in [5.41, 5.74) is 9.17. The predicted octanol–water partition coefficient (Wildman–Crippen LogP) is 3.94. The highest BCUT2D eigenvalue weighted by molar-refractivity contribution is 6.32. The fourth-order valence-corrected chi connectivity index (χ4v) is 3.74. The minimum absolute atomic E-state index is 0.100. The van der Waals surface area contributed by atoms with E-state index in [1.807, 2.05) is 12.1 Å². The van der Waals surface area contributed by atoms with Gasteiger partial charge in [0, 0.05) is 5.92 Å². The number of hydrogen-bond donors (Lipinski definition) is 0. The lowest BCUT2D eigenvalue weighted by atomic mass is 9.80. The Labute approximate surface area is 141 Å². The molecule has 118 valence electrons. The molecule has 0 heterocycles. The zero-order valence-electron chi connectivity index (χ0n) is 15.1. The Hall–Kier alpha value is -1.83. The highest BCUT2D eigenvalue weighted by Crippen LogP contribution is 2.30. The Balaban J connectivity index is 2.52. The zero-order chi connectivity index (χ0) is 17.3. The molecular weight excluding hydrogens is 279 g/mol. The maximum Gasteiger partial charge on any atom is 0.137 e. The number of Topliss-reactive ketones (excluding diaryl/α,β-unsaturated/α-hetero) is 1. The first-order valence-corrected chi connectivity index (χ1v) is 8.14. The number of carbonyl (C=O) groups is 1. The van der Waals surface area contributed by atoms with E-state index < -0.39 is 0 Å². The minimum Gasteiger partial charge on any atom is -0.299 e. The summed E-state index contributed by atoms with van der Waals surface area (Å²) in [7, 11) is 5.93. The van der Waals surface area contributed by atoms with Gasteiger partial charge >= 0.3 is 0 Å². The van der Waals surface area contributed by atoms with E-state index in [-0.39, 0.29) is 11.7 Å². The molecule has 1 nitrogen and oxygen atoms in total. The van der Waals surface area contributed by atoms with Gasteiger partial charge < -0.3 is 0 Å². The summed E-state index contributed by atoms with van der Waals surface area (Å²) in [5, 5.41) is 0. The first kappa shape index (κ1) is 17.5. The van der Waals surface area contributed by atoms with Gasteiger partial charge in [-0.15, -0.1) is 0 Å². The first-order chi connectivity index (χ1) is 10.7. The SMILES string of the molecule is [B]c1cc(C)c(CC(C(C)=O)c2c(C)cc(C)cc2C)c(C)c1. The molecule has 0 aromatic heterocycles. The van der Waals surface area contributed by atoms with Crippen molar-refractivity contribution in [1.82, 2.24) is 0 Å². The van der Waals surface area contributed by atoms with Gasteiger partial charge in [-0.1, -0.05) is 35.3 Å². The zero-order valence-corrected chi connectivity index (χ0v) is 15.1. The van der Waals surface area contributed by atoms with Gasteiger partial charge in [0.05, 0.1) is 0 Å². The topological polar surface area (TPSA) is 17.1 Å². The summed E-state index contributed by atoms with van der Waals surface area (Å²) < 4.78 is 0. The van der Waals surface area contributed by atoms with Gasteiger partial charge in [-0.25, -0.2) is 0 Å². The van der Waals surface area contributed by atoms with Crippen LogP contribution in [0, 0.1) is 34.6 Å². The summed E-state index contributed by atoms with van der Waals surface area (Å²) in [6, 6.07) is 8.32. The van der Waals surface area contributed by atoms with E-state index in [4.69, 9.17) is 7.85 Å². The maximum absolute atomic E-state index is 12.4. The van der Waals surface area contributed by atoms with Crippen molar-refractivity contribution in [2.24, 2.45) is 0 Å². The second-order valence-electron chi connectivity index (χ2n) is 6.81. The summed E-state index contributed by atoms with van der Waals surface area (Å²) in [6.07, 6.45) is 0.734. The molecule has 2 rings (SSSR count). The summed E-state index contributed by atoms with van der Waals surface area (Å²) in [6.45, 7) is 12.2. The highest BCUT2D eigenvalue weighted by atomic mass is 16.1. The van der Waals surface area contributed by atoms with E-state index in [0.29, 0.717) is 0 Å². The van der Waals surface area contributed by atoms with Crippen LogP contribution in [0.25, 0.3) is 0 Å². The lowest BCUT2D eigenvalue weighted by molar-refractivity contribution is -0.118. The normalized spacial score (nSPS) is 12.3. The van der Waals surface area contributed by atoms with Gasteiger partial charge in [-0.2, -0.15) is 0 Å². The van der Waals surface area contributed by atoms with Crippen LogP contribution in [-0.2, 0) is 11.2 Å². The van der Waals surface area contributed by atoms with Crippen molar-refractivity contribution in [2.75, 3.05) is 0 Å². The van der Waals surface area contributed by atoms with Gasteiger partial charge in [0.1, 0.15) is 13.6 Å². The Morgan fingerprint density at radius 2 is 1.39 bits per heavy atom. The van der Waals surface area contributed by atoms with Gasteiger partial charge in [-0.3, -0.25) is 4.79 Å². The first-order valence-electron chi connectivity index (χ1n) is 8.14. The fourth-order valence-electron chi connectivity index (χ4n) is 3.74. The molecule has 2 aromatic carbocycles. The molecule has 0 bridgehead atoms. The monoisotopic (exact) mass is 304 g/mol. The lowest BCUT2D eigenvalue weighted by Crippen LogP contribution is -2.17. The molecule has 0 spiro atoms. The van der Waals surface area contributed by atoms with Crippen molar-refractivity contribution in [1.29, 1.82) is 0 Å². The molecule has 0 amide bonds. The van der Waals surface area contributed by atoms with Crippen LogP contribution in [0.1, 0.15) is 51.8 Å². The van der Waals surface area contributed by atoms with E-state index >= 15 is 0 Å². The minimum atomic E-state index is -0.100. The molecule has 2 heteroatoms. The van der Waals surface area contributed by atoms with Gasteiger partial charge in [0.25, 0.3) is 0 Å². The van der Waals surface area contributed by atoms with Crippen molar-refractivity contribution >= 4 is 19.1 Å². The average molecular weight is 304 g/mol. The number of rotatable bonds is 4. The second kappa shape index (κ2) is 6.74. The molecule has 0 saturated heterocycles. The Morgan fingerprint density at radius 3 is 1.83 bits per heavy atom. The fraction of sp³-hybridized carbons (Fsp3) is 0.381. The summed E-state index contributed by atoms with van der Waals surface area (Å²) in [5.74, 6) is 0.118. The number of ketones is 1.